The molecule has 3 rings (SSSR count). The molecule has 0 aliphatic heterocycles. The first-order valence-electron chi connectivity index (χ1n) is 7.33. The lowest BCUT2D eigenvalue weighted by Crippen LogP contribution is -2.25. The zero-order valence-corrected chi connectivity index (χ0v) is 11.8. The molecular weight excluding hydrogens is 260 g/mol. The van der Waals surface area contributed by atoms with Gasteiger partial charge in [-0.3, -0.25) is 4.98 Å². The van der Waals surface area contributed by atoms with Crippen molar-refractivity contribution in [2.24, 2.45) is 0 Å². The van der Waals surface area contributed by atoms with Crippen molar-refractivity contribution in [2.75, 3.05) is 17.7 Å². The Morgan fingerprint density at radius 3 is 2.50 bits per heavy atom. The van der Waals surface area contributed by atoms with Gasteiger partial charge in [0.05, 0.1) is 17.1 Å². The quantitative estimate of drug-likeness (QED) is 0.921. The van der Waals surface area contributed by atoms with Crippen LogP contribution in [0.5, 0.6) is 0 Å². The summed E-state index contributed by atoms with van der Waals surface area (Å²) in [7, 11) is 2.04. The Hall–Kier alpha value is -1.39. The Balaban J connectivity index is 1.81. The van der Waals surface area contributed by atoms with Crippen LogP contribution in [0, 0.1) is 0 Å². The molecule has 2 aliphatic carbocycles. The number of nitrogens with zero attached hydrogens (tertiary/aromatic N) is 2. The summed E-state index contributed by atoms with van der Waals surface area (Å²) in [6.45, 7) is 0. The number of pyridine rings is 1. The average Bonchev–Trinajstić information content (AvgIpc) is 3.23. The van der Waals surface area contributed by atoms with E-state index >= 15 is 0 Å². The molecule has 2 N–H and O–H groups in total. The van der Waals surface area contributed by atoms with Gasteiger partial charge in [-0.25, -0.2) is 8.78 Å². The number of rotatable bonds is 3. The van der Waals surface area contributed by atoms with E-state index in [1.54, 1.807) is 6.20 Å². The van der Waals surface area contributed by atoms with Gasteiger partial charge in [-0.2, -0.15) is 0 Å². The van der Waals surface area contributed by atoms with Crippen molar-refractivity contribution in [3.63, 3.8) is 0 Å². The van der Waals surface area contributed by atoms with Crippen molar-refractivity contribution in [1.29, 1.82) is 0 Å². The molecule has 1 aromatic rings. The minimum Gasteiger partial charge on any atom is -0.396 e. The molecule has 2 fully saturated rings. The number of alkyl halides is 2. The summed E-state index contributed by atoms with van der Waals surface area (Å²) in [6, 6.07) is 2.50. The Morgan fingerprint density at radius 1 is 1.25 bits per heavy atom. The van der Waals surface area contributed by atoms with Gasteiger partial charge >= 0.3 is 0 Å². The maximum atomic E-state index is 13.3. The predicted molar refractivity (Wildman–Crippen MR) is 76.2 cm³/mol. The average molecular weight is 281 g/mol. The summed E-state index contributed by atoms with van der Waals surface area (Å²) in [5.74, 6) is -2.43. The van der Waals surface area contributed by atoms with Crippen molar-refractivity contribution in [3.8, 4) is 0 Å². The van der Waals surface area contributed by atoms with E-state index in [0.29, 0.717) is 24.6 Å². The lowest BCUT2D eigenvalue weighted by atomic mass is 9.84. The number of halogens is 2. The Labute approximate surface area is 118 Å². The molecule has 0 atom stereocenters. The van der Waals surface area contributed by atoms with E-state index in [4.69, 9.17) is 5.73 Å². The van der Waals surface area contributed by atoms with Crippen LogP contribution in [0.3, 0.4) is 0 Å². The van der Waals surface area contributed by atoms with Gasteiger partial charge < -0.3 is 10.6 Å². The van der Waals surface area contributed by atoms with Crippen LogP contribution in [0.1, 0.15) is 50.1 Å². The number of anilines is 2. The first kappa shape index (κ1) is 13.6. The van der Waals surface area contributed by atoms with Crippen LogP contribution in [-0.2, 0) is 0 Å². The zero-order valence-electron chi connectivity index (χ0n) is 11.8. The summed E-state index contributed by atoms with van der Waals surface area (Å²) in [6.07, 6.45) is 4.99. The van der Waals surface area contributed by atoms with E-state index < -0.39 is 5.92 Å². The maximum absolute atomic E-state index is 13.3. The summed E-state index contributed by atoms with van der Waals surface area (Å²) >= 11 is 0. The van der Waals surface area contributed by atoms with Crippen molar-refractivity contribution in [2.45, 2.75) is 56.4 Å². The van der Waals surface area contributed by atoms with E-state index in [0.717, 1.165) is 11.4 Å². The molecule has 1 heterocycles. The van der Waals surface area contributed by atoms with Gasteiger partial charge in [0.25, 0.3) is 0 Å². The normalized spacial score (nSPS) is 22.8. The van der Waals surface area contributed by atoms with Crippen molar-refractivity contribution in [3.05, 3.63) is 18.0 Å². The van der Waals surface area contributed by atoms with Crippen molar-refractivity contribution >= 4 is 11.4 Å². The molecule has 110 valence electrons. The third-order valence-corrected chi connectivity index (χ3v) is 4.58. The number of hydrogen-bond donors (Lipinski definition) is 1. The highest BCUT2D eigenvalue weighted by molar-refractivity contribution is 5.70. The summed E-state index contributed by atoms with van der Waals surface area (Å²) in [5.41, 5.74) is 8.74. The minimum absolute atomic E-state index is 0.0541. The predicted octanol–water partition coefficient (Wildman–Crippen LogP) is 3.56. The molecule has 3 nitrogen and oxygen atoms in total. The molecular formula is C15H21F2N3. The standard InChI is InChI=1S/C15H21F2N3/c1-20(11-2-3-11)12-6-9-19-14(13(12)18)10-4-7-15(16,17)8-5-10/h6,9-11H,2-5,7-8,18H2,1H3. The zero-order chi connectivity index (χ0) is 14.3. The van der Waals surface area contributed by atoms with Crippen molar-refractivity contribution < 1.29 is 8.78 Å². The highest BCUT2D eigenvalue weighted by atomic mass is 19.3. The first-order chi connectivity index (χ1) is 9.48. The third-order valence-electron chi connectivity index (χ3n) is 4.58. The third kappa shape index (κ3) is 2.58. The second kappa shape index (κ2) is 4.86. The summed E-state index contributed by atoms with van der Waals surface area (Å²) in [5, 5.41) is 0. The van der Waals surface area contributed by atoms with Gasteiger partial charge in [0.15, 0.2) is 0 Å². The van der Waals surface area contributed by atoms with Gasteiger partial charge in [-0.05, 0) is 31.7 Å². The molecule has 0 unspecified atom stereocenters. The minimum atomic E-state index is -2.51. The molecule has 0 radical (unpaired) electrons. The molecule has 1 aromatic heterocycles. The van der Waals surface area contributed by atoms with Crippen LogP contribution in [0.4, 0.5) is 20.2 Å². The SMILES string of the molecule is CN(c1ccnc(C2CCC(F)(F)CC2)c1N)C1CC1. The smallest absolute Gasteiger partial charge is 0.248 e. The van der Waals surface area contributed by atoms with Crippen LogP contribution in [0.2, 0.25) is 0 Å². The van der Waals surface area contributed by atoms with Crippen LogP contribution >= 0.6 is 0 Å². The van der Waals surface area contributed by atoms with E-state index in [1.807, 2.05) is 13.1 Å². The van der Waals surface area contributed by atoms with Gasteiger partial charge in [0.1, 0.15) is 0 Å². The summed E-state index contributed by atoms with van der Waals surface area (Å²) in [4.78, 5) is 6.57. The van der Waals surface area contributed by atoms with E-state index in [-0.39, 0.29) is 18.8 Å². The number of aromatic nitrogens is 1. The number of nitrogen functional groups attached to an aromatic ring is 1. The van der Waals surface area contributed by atoms with Gasteiger partial charge in [-0.15, -0.1) is 0 Å². The fraction of sp³-hybridized carbons (Fsp3) is 0.667. The lowest BCUT2D eigenvalue weighted by molar-refractivity contribution is -0.0384. The van der Waals surface area contributed by atoms with E-state index in [2.05, 4.69) is 9.88 Å². The highest BCUT2D eigenvalue weighted by Gasteiger charge is 2.37. The fourth-order valence-electron chi connectivity index (χ4n) is 3.08. The lowest BCUT2D eigenvalue weighted by Gasteiger charge is -2.30. The number of nitrogens with two attached hydrogens (primary N) is 1. The molecule has 2 aliphatic rings. The largest absolute Gasteiger partial charge is 0.396 e. The van der Waals surface area contributed by atoms with E-state index in [1.165, 1.54) is 12.8 Å². The number of hydrogen-bond acceptors (Lipinski definition) is 3. The summed E-state index contributed by atoms with van der Waals surface area (Å²) < 4.78 is 26.5. The van der Waals surface area contributed by atoms with Crippen LogP contribution in [-0.4, -0.2) is 24.0 Å². The molecule has 0 aromatic carbocycles. The van der Waals surface area contributed by atoms with Crippen LogP contribution in [0.15, 0.2) is 12.3 Å². The topological polar surface area (TPSA) is 42.2 Å². The van der Waals surface area contributed by atoms with Crippen LogP contribution in [0.25, 0.3) is 0 Å². The molecule has 0 amide bonds. The van der Waals surface area contributed by atoms with Gasteiger partial charge in [-0.1, -0.05) is 0 Å². The van der Waals surface area contributed by atoms with Gasteiger partial charge in [0, 0.05) is 38.0 Å². The van der Waals surface area contributed by atoms with E-state index in [9.17, 15) is 8.78 Å². The van der Waals surface area contributed by atoms with Gasteiger partial charge in [0.2, 0.25) is 5.92 Å². The molecule has 5 heteroatoms. The monoisotopic (exact) mass is 281 g/mol. The second-order valence-corrected chi connectivity index (χ2v) is 6.10. The van der Waals surface area contributed by atoms with Crippen LogP contribution < -0.4 is 10.6 Å². The molecule has 0 spiro atoms. The maximum Gasteiger partial charge on any atom is 0.248 e. The first-order valence-corrected chi connectivity index (χ1v) is 7.33. The Kier molecular flexibility index (Phi) is 3.30. The molecule has 2 saturated carbocycles. The second-order valence-electron chi connectivity index (χ2n) is 6.10. The Morgan fingerprint density at radius 2 is 1.90 bits per heavy atom. The fourth-order valence-corrected chi connectivity index (χ4v) is 3.08. The molecule has 20 heavy (non-hydrogen) atoms. The Bertz CT molecular complexity index is 490. The molecule has 0 bridgehead atoms. The highest BCUT2D eigenvalue weighted by Crippen LogP contribution is 2.43. The van der Waals surface area contributed by atoms with Crippen molar-refractivity contribution in [1.82, 2.24) is 4.98 Å². The molecule has 0 saturated heterocycles.